The first kappa shape index (κ1) is 13.8. The zero-order valence-corrected chi connectivity index (χ0v) is 11.2. The van der Waals surface area contributed by atoms with Crippen molar-refractivity contribution in [1.29, 1.82) is 0 Å². The zero-order valence-electron chi connectivity index (χ0n) is 10.4. The van der Waals surface area contributed by atoms with Crippen LogP contribution in [0.1, 0.15) is 32.6 Å². The van der Waals surface area contributed by atoms with Crippen molar-refractivity contribution in [1.82, 2.24) is 10.6 Å². The van der Waals surface area contributed by atoms with Crippen molar-refractivity contribution < 1.29 is 4.79 Å². The third kappa shape index (κ3) is 5.75. The maximum absolute atomic E-state index is 11.5. The first-order chi connectivity index (χ1) is 7.72. The molecule has 2 N–H and O–H groups in total. The molecule has 1 aliphatic carbocycles. The van der Waals surface area contributed by atoms with Crippen LogP contribution in [0.2, 0.25) is 0 Å². The summed E-state index contributed by atoms with van der Waals surface area (Å²) in [5, 5.41) is 6.30. The van der Waals surface area contributed by atoms with Crippen LogP contribution < -0.4 is 10.6 Å². The molecule has 0 saturated heterocycles. The first-order valence-corrected chi connectivity index (χ1v) is 7.60. The van der Waals surface area contributed by atoms with Crippen molar-refractivity contribution >= 4 is 17.7 Å². The Morgan fingerprint density at radius 3 is 2.75 bits per heavy atom. The Morgan fingerprint density at radius 2 is 2.12 bits per heavy atom. The van der Waals surface area contributed by atoms with E-state index in [4.69, 9.17) is 0 Å². The van der Waals surface area contributed by atoms with Gasteiger partial charge in [0.2, 0.25) is 5.91 Å². The van der Waals surface area contributed by atoms with Gasteiger partial charge in [-0.25, -0.2) is 0 Å². The molecule has 1 aliphatic rings. The number of carbonyl (C=O) groups is 1. The highest BCUT2D eigenvalue weighted by molar-refractivity contribution is 7.98. The van der Waals surface area contributed by atoms with Gasteiger partial charge in [-0.1, -0.05) is 19.8 Å². The molecule has 0 bridgehead atoms. The van der Waals surface area contributed by atoms with Gasteiger partial charge in [0.25, 0.3) is 0 Å². The molecule has 0 heterocycles. The van der Waals surface area contributed by atoms with Crippen molar-refractivity contribution in [2.75, 3.05) is 25.1 Å². The summed E-state index contributed by atoms with van der Waals surface area (Å²) in [5.74, 6) is 1.81. The smallest absolute Gasteiger partial charge is 0.233 e. The van der Waals surface area contributed by atoms with Crippen LogP contribution in [-0.2, 0) is 4.79 Å². The minimum Gasteiger partial charge on any atom is -0.355 e. The molecule has 0 aliphatic heterocycles. The minimum absolute atomic E-state index is 0.139. The number of rotatable bonds is 7. The molecular formula is C12H24N2OS. The Bertz CT molecular complexity index is 205. The SMILES string of the molecule is CSCC(C)CNC(=O)CNC1CCCC1. The lowest BCUT2D eigenvalue weighted by molar-refractivity contribution is -0.120. The monoisotopic (exact) mass is 244 g/mol. The maximum Gasteiger partial charge on any atom is 0.233 e. The Hall–Kier alpha value is -0.220. The molecule has 1 atom stereocenters. The number of carbonyl (C=O) groups excluding carboxylic acids is 1. The third-order valence-corrected chi connectivity index (χ3v) is 3.91. The summed E-state index contributed by atoms with van der Waals surface area (Å²) in [6.07, 6.45) is 7.18. The van der Waals surface area contributed by atoms with Gasteiger partial charge in [-0.2, -0.15) is 11.8 Å². The van der Waals surface area contributed by atoms with Crippen LogP contribution in [0.25, 0.3) is 0 Å². The molecule has 0 spiro atoms. The van der Waals surface area contributed by atoms with Crippen LogP contribution in [0.5, 0.6) is 0 Å². The van der Waals surface area contributed by atoms with E-state index >= 15 is 0 Å². The van der Waals surface area contributed by atoms with Gasteiger partial charge in [-0.3, -0.25) is 4.79 Å². The number of amides is 1. The molecule has 1 rings (SSSR count). The summed E-state index contributed by atoms with van der Waals surface area (Å²) in [7, 11) is 0. The summed E-state index contributed by atoms with van der Waals surface area (Å²) in [5.41, 5.74) is 0. The summed E-state index contributed by atoms with van der Waals surface area (Å²) in [6.45, 7) is 3.45. The van der Waals surface area contributed by atoms with Crippen LogP contribution in [0, 0.1) is 5.92 Å². The molecule has 0 aromatic rings. The molecule has 4 heteroatoms. The fraction of sp³-hybridized carbons (Fsp3) is 0.917. The molecule has 1 fully saturated rings. The molecule has 0 aromatic carbocycles. The van der Waals surface area contributed by atoms with Crippen molar-refractivity contribution in [2.24, 2.45) is 5.92 Å². The molecule has 1 unspecified atom stereocenters. The average molecular weight is 244 g/mol. The standard InChI is InChI=1S/C12H24N2OS/c1-10(9-16-2)7-14-12(15)8-13-11-5-3-4-6-11/h10-11,13H,3-9H2,1-2H3,(H,14,15). The molecule has 94 valence electrons. The van der Waals surface area contributed by atoms with Crippen molar-refractivity contribution in [2.45, 2.75) is 38.6 Å². The van der Waals surface area contributed by atoms with E-state index in [1.54, 1.807) is 0 Å². The zero-order chi connectivity index (χ0) is 11.8. The van der Waals surface area contributed by atoms with E-state index in [0.29, 0.717) is 18.5 Å². The average Bonchev–Trinajstić information content (AvgIpc) is 2.77. The van der Waals surface area contributed by atoms with E-state index in [0.717, 1.165) is 12.3 Å². The highest BCUT2D eigenvalue weighted by atomic mass is 32.2. The maximum atomic E-state index is 11.5. The minimum atomic E-state index is 0.139. The Kier molecular flexibility index (Phi) is 6.88. The predicted molar refractivity (Wildman–Crippen MR) is 70.8 cm³/mol. The van der Waals surface area contributed by atoms with Gasteiger partial charge in [0.1, 0.15) is 0 Å². The molecule has 0 aromatic heterocycles. The molecule has 0 radical (unpaired) electrons. The van der Waals surface area contributed by atoms with E-state index < -0.39 is 0 Å². The van der Waals surface area contributed by atoms with Crippen molar-refractivity contribution in [3.8, 4) is 0 Å². The fourth-order valence-electron chi connectivity index (χ4n) is 2.06. The Balaban J connectivity index is 2.01. The number of nitrogens with one attached hydrogen (secondary N) is 2. The van der Waals surface area contributed by atoms with E-state index in [9.17, 15) is 4.79 Å². The van der Waals surface area contributed by atoms with Gasteiger partial charge in [0.05, 0.1) is 6.54 Å². The predicted octanol–water partition coefficient (Wildman–Crippen LogP) is 1.63. The van der Waals surface area contributed by atoms with Crippen LogP contribution in [0.15, 0.2) is 0 Å². The second-order valence-corrected chi connectivity index (χ2v) is 5.64. The Morgan fingerprint density at radius 1 is 1.44 bits per heavy atom. The summed E-state index contributed by atoms with van der Waals surface area (Å²) in [6, 6.07) is 0.578. The largest absolute Gasteiger partial charge is 0.355 e. The van der Waals surface area contributed by atoms with Crippen LogP contribution >= 0.6 is 11.8 Å². The van der Waals surface area contributed by atoms with Crippen molar-refractivity contribution in [3.05, 3.63) is 0 Å². The molecular weight excluding hydrogens is 220 g/mol. The van der Waals surface area contributed by atoms with E-state index in [1.165, 1.54) is 25.7 Å². The fourth-order valence-corrected chi connectivity index (χ4v) is 2.75. The lowest BCUT2D eigenvalue weighted by Gasteiger charge is -2.14. The van der Waals surface area contributed by atoms with Gasteiger partial charge in [-0.15, -0.1) is 0 Å². The number of hydrogen-bond acceptors (Lipinski definition) is 3. The molecule has 16 heavy (non-hydrogen) atoms. The number of hydrogen-bond donors (Lipinski definition) is 2. The van der Waals surface area contributed by atoms with Gasteiger partial charge in [0.15, 0.2) is 0 Å². The van der Waals surface area contributed by atoms with Gasteiger partial charge in [-0.05, 0) is 30.8 Å². The van der Waals surface area contributed by atoms with Crippen LogP contribution in [0.3, 0.4) is 0 Å². The first-order valence-electron chi connectivity index (χ1n) is 6.21. The Labute approximate surface area is 103 Å². The third-order valence-electron chi connectivity index (χ3n) is 3.01. The second-order valence-electron chi connectivity index (χ2n) is 4.73. The van der Waals surface area contributed by atoms with Crippen LogP contribution in [-0.4, -0.2) is 37.0 Å². The second kappa shape index (κ2) is 7.96. The highest BCUT2D eigenvalue weighted by Crippen LogP contribution is 2.17. The van der Waals surface area contributed by atoms with E-state index in [1.807, 2.05) is 11.8 Å². The van der Waals surface area contributed by atoms with Crippen LogP contribution in [0.4, 0.5) is 0 Å². The van der Waals surface area contributed by atoms with E-state index in [2.05, 4.69) is 23.8 Å². The summed E-state index contributed by atoms with van der Waals surface area (Å²) >= 11 is 1.83. The highest BCUT2D eigenvalue weighted by Gasteiger charge is 2.15. The van der Waals surface area contributed by atoms with Gasteiger partial charge in [0, 0.05) is 12.6 Å². The topological polar surface area (TPSA) is 41.1 Å². The molecule has 3 nitrogen and oxygen atoms in total. The quantitative estimate of drug-likeness (QED) is 0.715. The number of thioether (sulfide) groups is 1. The lowest BCUT2D eigenvalue weighted by atomic mass is 10.2. The summed E-state index contributed by atoms with van der Waals surface area (Å²) < 4.78 is 0. The van der Waals surface area contributed by atoms with Crippen molar-refractivity contribution in [3.63, 3.8) is 0 Å². The summed E-state index contributed by atoms with van der Waals surface area (Å²) in [4.78, 5) is 11.5. The lowest BCUT2D eigenvalue weighted by Crippen LogP contribution is -2.39. The van der Waals surface area contributed by atoms with Gasteiger partial charge < -0.3 is 10.6 Å². The normalized spacial score (nSPS) is 18.6. The van der Waals surface area contributed by atoms with Gasteiger partial charge >= 0.3 is 0 Å². The molecule has 1 amide bonds. The van der Waals surface area contributed by atoms with E-state index in [-0.39, 0.29) is 5.91 Å². The molecule has 1 saturated carbocycles.